The van der Waals surface area contributed by atoms with Crippen LogP contribution >= 0.6 is 7.82 Å². The molecule has 0 aliphatic heterocycles. The van der Waals surface area contributed by atoms with Crippen LogP contribution in [0, 0.1) is 0 Å². The standard InChI is InChI=1S/C38H74NO7P/c1-6-7-8-9-10-11-12-13-14-15-16-17-18-19-20-21-22-23-24-25-26-27-28-29-30-31-33-43-35-38(46-37(2)40)36-45-47(41,42)44-34-32-39(3,4)5/h12-13,15-16,38H,6-11,14,17-36H2,1-5H3/b13-12-,16-15-. The average Bonchev–Trinajstić information content (AvgIpc) is 3.00. The van der Waals surface area contributed by atoms with Gasteiger partial charge < -0.3 is 27.9 Å². The predicted molar refractivity (Wildman–Crippen MR) is 194 cm³/mol. The lowest BCUT2D eigenvalue weighted by atomic mass is 10.0. The van der Waals surface area contributed by atoms with Crippen LogP contribution in [0.3, 0.4) is 0 Å². The van der Waals surface area contributed by atoms with Gasteiger partial charge in [-0.05, 0) is 38.5 Å². The van der Waals surface area contributed by atoms with Crippen molar-refractivity contribution >= 4 is 13.8 Å². The fraction of sp³-hybridized carbons (Fsp3) is 0.868. The summed E-state index contributed by atoms with van der Waals surface area (Å²) >= 11 is 0. The number of allylic oxidation sites excluding steroid dienone is 4. The molecule has 0 fully saturated rings. The highest BCUT2D eigenvalue weighted by atomic mass is 31.2. The molecule has 0 aliphatic carbocycles. The molecule has 8 nitrogen and oxygen atoms in total. The van der Waals surface area contributed by atoms with Crippen molar-refractivity contribution in [1.82, 2.24) is 0 Å². The molecule has 2 atom stereocenters. The molecule has 0 saturated heterocycles. The predicted octanol–water partition coefficient (Wildman–Crippen LogP) is 9.86. The molecular formula is C38H74NO7P. The first-order valence-electron chi connectivity index (χ1n) is 19.0. The van der Waals surface area contributed by atoms with E-state index in [1.54, 1.807) is 0 Å². The fourth-order valence-corrected chi connectivity index (χ4v) is 5.89. The molecule has 0 aliphatic rings. The van der Waals surface area contributed by atoms with E-state index in [4.69, 9.17) is 18.5 Å². The number of unbranched alkanes of at least 4 members (excludes halogenated alkanes) is 19. The van der Waals surface area contributed by atoms with Crippen LogP contribution in [-0.2, 0) is 27.9 Å². The van der Waals surface area contributed by atoms with Crippen molar-refractivity contribution in [1.29, 1.82) is 0 Å². The fourth-order valence-electron chi connectivity index (χ4n) is 5.16. The molecule has 47 heavy (non-hydrogen) atoms. The molecule has 0 aromatic rings. The smallest absolute Gasteiger partial charge is 0.303 e. The summed E-state index contributed by atoms with van der Waals surface area (Å²) in [5, 5.41) is 0. The topological polar surface area (TPSA) is 94.1 Å². The second-order valence-electron chi connectivity index (χ2n) is 14.0. The number of rotatable bonds is 35. The zero-order valence-corrected chi connectivity index (χ0v) is 32.1. The summed E-state index contributed by atoms with van der Waals surface area (Å²) in [6, 6.07) is 0. The van der Waals surface area contributed by atoms with Crippen molar-refractivity contribution < 1.29 is 37.3 Å². The summed E-state index contributed by atoms with van der Waals surface area (Å²) in [7, 11) is 1.35. The Labute approximate surface area is 290 Å². The second kappa shape index (κ2) is 32.2. The number of phosphoric acid groups is 1. The Hall–Kier alpha value is -1.02. The molecule has 0 bridgehead atoms. The van der Waals surface area contributed by atoms with Gasteiger partial charge in [0.2, 0.25) is 0 Å². The van der Waals surface area contributed by atoms with Gasteiger partial charge in [0.15, 0.2) is 0 Å². The van der Waals surface area contributed by atoms with Crippen LogP contribution in [0.4, 0.5) is 0 Å². The SMILES string of the molecule is CCCCCCC/C=C\C/C=C\CCCCCCCCCCCCCCCCOCC(COP(=O)([O-])OCC[N+](C)(C)C)OC(C)=O. The number of esters is 1. The van der Waals surface area contributed by atoms with Crippen LogP contribution in [0.15, 0.2) is 24.3 Å². The van der Waals surface area contributed by atoms with E-state index in [-0.39, 0.29) is 19.8 Å². The molecule has 0 radical (unpaired) electrons. The number of carbonyl (C=O) groups excluding carboxylic acids is 1. The first-order chi connectivity index (χ1) is 22.6. The lowest BCUT2D eigenvalue weighted by Gasteiger charge is -2.28. The zero-order chi connectivity index (χ0) is 34.9. The van der Waals surface area contributed by atoms with E-state index >= 15 is 0 Å². The Bertz CT molecular complexity index is 812. The molecule has 278 valence electrons. The molecule has 0 rings (SSSR count). The largest absolute Gasteiger partial charge is 0.756 e. The summed E-state index contributed by atoms with van der Waals surface area (Å²) in [6.45, 7) is 4.40. The molecule has 2 unspecified atom stereocenters. The number of carbonyl (C=O) groups is 1. The minimum absolute atomic E-state index is 0.0236. The van der Waals surface area contributed by atoms with Crippen LogP contribution in [0.5, 0.6) is 0 Å². The van der Waals surface area contributed by atoms with E-state index < -0.39 is 19.9 Å². The Morgan fingerprint density at radius 2 is 1.13 bits per heavy atom. The first-order valence-corrected chi connectivity index (χ1v) is 20.5. The maximum absolute atomic E-state index is 12.0. The second-order valence-corrected chi connectivity index (χ2v) is 15.4. The number of likely N-dealkylation sites (N-methyl/N-ethyl adjacent to an activating group) is 1. The van der Waals surface area contributed by atoms with Crippen LogP contribution < -0.4 is 4.89 Å². The highest BCUT2D eigenvalue weighted by Gasteiger charge is 2.19. The first kappa shape index (κ1) is 46.0. The summed E-state index contributed by atoms with van der Waals surface area (Å²) in [6.07, 6.45) is 37.0. The van der Waals surface area contributed by atoms with Crippen LogP contribution in [0.25, 0.3) is 0 Å². The van der Waals surface area contributed by atoms with Crippen LogP contribution in [-0.4, -0.2) is 70.7 Å². The maximum Gasteiger partial charge on any atom is 0.303 e. The van der Waals surface area contributed by atoms with Gasteiger partial charge in [-0.2, -0.15) is 0 Å². The van der Waals surface area contributed by atoms with Gasteiger partial charge in [-0.15, -0.1) is 0 Å². The highest BCUT2D eigenvalue weighted by Crippen LogP contribution is 2.38. The Kier molecular flexibility index (Phi) is 31.5. The molecule has 0 saturated carbocycles. The van der Waals surface area contributed by atoms with Gasteiger partial charge in [0.25, 0.3) is 7.82 Å². The van der Waals surface area contributed by atoms with Crippen LogP contribution in [0.2, 0.25) is 0 Å². The number of nitrogens with zero attached hydrogens (tertiary/aromatic N) is 1. The molecule has 0 aromatic carbocycles. The van der Waals surface area contributed by atoms with Crippen molar-refractivity contribution in [3.05, 3.63) is 24.3 Å². The number of hydrogen-bond donors (Lipinski definition) is 0. The van der Waals surface area contributed by atoms with Crippen LogP contribution in [0.1, 0.15) is 155 Å². The van der Waals surface area contributed by atoms with Crippen molar-refractivity contribution in [3.63, 3.8) is 0 Å². The van der Waals surface area contributed by atoms with Gasteiger partial charge in [-0.1, -0.05) is 134 Å². The summed E-state index contributed by atoms with van der Waals surface area (Å²) in [5.74, 6) is -0.509. The van der Waals surface area contributed by atoms with E-state index in [2.05, 4.69) is 31.2 Å². The summed E-state index contributed by atoms with van der Waals surface area (Å²) < 4.78 is 33.2. The minimum Gasteiger partial charge on any atom is -0.756 e. The molecular weight excluding hydrogens is 613 g/mol. The number of quaternary nitrogens is 1. The lowest BCUT2D eigenvalue weighted by molar-refractivity contribution is -0.870. The van der Waals surface area contributed by atoms with Gasteiger partial charge in [0.1, 0.15) is 19.3 Å². The number of phosphoric ester groups is 1. The maximum atomic E-state index is 12.0. The minimum atomic E-state index is -4.47. The van der Waals surface area contributed by atoms with Crippen molar-refractivity contribution in [2.24, 2.45) is 0 Å². The van der Waals surface area contributed by atoms with Crippen molar-refractivity contribution in [3.8, 4) is 0 Å². The third kappa shape index (κ3) is 37.6. The third-order valence-corrected chi connectivity index (χ3v) is 9.02. The van der Waals surface area contributed by atoms with Gasteiger partial charge in [-0.25, -0.2) is 0 Å². The summed E-state index contributed by atoms with van der Waals surface area (Å²) in [5.41, 5.74) is 0. The van der Waals surface area contributed by atoms with Gasteiger partial charge in [0, 0.05) is 13.5 Å². The molecule has 0 N–H and O–H groups in total. The van der Waals surface area contributed by atoms with E-state index in [1.807, 2.05) is 21.1 Å². The zero-order valence-electron chi connectivity index (χ0n) is 31.2. The molecule has 0 spiro atoms. The third-order valence-electron chi connectivity index (χ3n) is 8.06. The van der Waals surface area contributed by atoms with Crippen molar-refractivity contribution in [2.75, 3.05) is 54.1 Å². The van der Waals surface area contributed by atoms with Gasteiger partial charge in [-0.3, -0.25) is 9.36 Å². The average molecular weight is 688 g/mol. The quantitative estimate of drug-likeness (QED) is 0.0215. The Morgan fingerprint density at radius 3 is 1.60 bits per heavy atom. The molecule has 9 heteroatoms. The number of ether oxygens (including phenoxy) is 2. The lowest BCUT2D eigenvalue weighted by Crippen LogP contribution is -2.37. The monoisotopic (exact) mass is 688 g/mol. The van der Waals surface area contributed by atoms with E-state index in [1.165, 1.54) is 129 Å². The van der Waals surface area contributed by atoms with Gasteiger partial charge in [0.05, 0.1) is 34.4 Å². The normalized spacial score (nSPS) is 14.3. The summed E-state index contributed by atoms with van der Waals surface area (Å²) in [4.78, 5) is 23.4. The Morgan fingerprint density at radius 1 is 0.660 bits per heavy atom. The Balaban J connectivity index is 3.56. The molecule has 0 heterocycles. The van der Waals surface area contributed by atoms with E-state index in [0.29, 0.717) is 17.6 Å². The molecule has 0 aromatic heterocycles. The van der Waals surface area contributed by atoms with Gasteiger partial charge >= 0.3 is 5.97 Å². The number of hydrogen-bond acceptors (Lipinski definition) is 7. The van der Waals surface area contributed by atoms with E-state index in [0.717, 1.165) is 19.3 Å². The highest BCUT2D eigenvalue weighted by molar-refractivity contribution is 7.45. The van der Waals surface area contributed by atoms with E-state index in [9.17, 15) is 14.3 Å². The van der Waals surface area contributed by atoms with Crippen molar-refractivity contribution in [2.45, 2.75) is 161 Å². The molecule has 0 amide bonds.